The average molecular weight is 210 g/mol. The highest BCUT2D eigenvalue weighted by molar-refractivity contribution is 5.37. The summed E-state index contributed by atoms with van der Waals surface area (Å²) in [5.74, 6) is 6.33. The van der Waals surface area contributed by atoms with Gasteiger partial charge in [-0.15, -0.1) is 0 Å². The van der Waals surface area contributed by atoms with Crippen molar-refractivity contribution in [2.45, 2.75) is 19.0 Å². The predicted molar refractivity (Wildman–Crippen MR) is 51.0 cm³/mol. The van der Waals surface area contributed by atoms with Gasteiger partial charge in [0.1, 0.15) is 0 Å². The molecule has 0 aromatic heterocycles. The molecule has 15 heavy (non-hydrogen) atoms. The average Bonchev–Trinajstić information content (AvgIpc) is 2.97. The Bertz CT molecular complexity index is 399. The maximum atomic E-state index is 12.2. The highest BCUT2D eigenvalue weighted by Gasteiger charge is 2.29. The molecule has 0 heterocycles. The fraction of sp³-hybridized carbons (Fsp3) is 0.333. The van der Waals surface area contributed by atoms with Gasteiger partial charge < -0.3 is 0 Å². The van der Waals surface area contributed by atoms with Crippen molar-refractivity contribution in [1.82, 2.24) is 0 Å². The van der Waals surface area contributed by atoms with Crippen LogP contribution in [0, 0.1) is 17.8 Å². The van der Waals surface area contributed by atoms with E-state index < -0.39 is 11.7 Å². The van der Waals surface area contributed by atoms with Crippen LogP contribution in [-0.4, -0.2) is 0 Å². The topological polar surface area (TPSA) is 0 Å². The molecule has 3 heteroatoms. The summed E-state index contributed by atoms with van der Waals surface area (Å²) in [6.45, 7) is 0. The summed E-state index contributed by atoms with van der Waals surface area (Å²) in [5.41, 5.74) is 0.0226. The molecule has 0 saturated heterocycles. The van der Waals surface area contributed by atoms with E-state index in [0.29, 0.717) is 11.5 Å². The van der Waals surface area contributed by atoms with Crippen LogP contribution in [0.3, 0.4) is 0 Å². The Morgan fingerprint density at radius 1 is 1.07 bits per heavy atom. The molecular weight excluding hydrogens is 201 g/mol. The van der Waals surface area contributed by atoms with Crippen molar-refractivity contribution in [3.63, 3.8) is 0 Å². The Morgan fingerprint density at radius 3 is 2.13 bits per heavy atom. The minimum absolute atomic E-state index is 0.465. The molecule has 0 N–H and O–H groups in total. The largest absolute Gasteiger partial charge is 0.416 e. The van der Waals surface area contributed by atoms with Crippen LogP contribution in [0.1, 0.15) is 24.0 Å². The summed E-state index contributed by atoms with van der Waals surface area (Å²) in [7, 11) is 0. The first-order valence-electron chi connectivity index (χ1n) is 4.74. The van der Waals surface area contributed by atoms with Gasteiger partial charge in [-0.25, -0.2) is 0 Å². The maximum absolute atomic E-state index is 12.2. The number of rotatable bonds is 0. The summed E-state index contributed by atoms with van der Waals surface area (Å²) in [5, 5.41) is 0. The zero-order valence-corrected chi connectivity index (χ0v) is 7.93. The second kappa shape index (κ2) is 3.62. The van der Waals surface area contributed by atoms with Crippen molar-refractivity contribution in [2.75, 3.05) is 0 Å². The quantitative estimate of drug-likeness (QED) is 0.575. The third-order valence-corrected chi connectivity index (χ3v) is 2.21. The van der Waals surface area contributed by atoms with Crippen LogP contribution in [-0.2, 0) is 6.18 Å². The molecule has 1 aliphatic carbocycles. The fourth-order valence-corrected chi connectivity index (χ4v) is 1.16. The fourth-order valence-electron chi connectivity index (χ4n) is 1.16. The Hall–Kier alpha value is -1.43. The zero-order valence-electron chi connectivity index (χ0n) is 7.93. The first-order valence-corrected chi connectivity index (χ1v) is 4.74. The Labute approximate surface area is 86.1 Å². The van der Waals surface area contributed by atoms with E-state index in [9.17, 15) is 13.2 Å². The van der Waals surface area contributed by atoms with E-state index in [0.717, 1.165) is 25.0 Å². The minimum Gasteiger partial charge on any atom is -0.166 e. The van der Waals surface area contributed by atoms with Crippen molar-refractivity contribution in [1.29, 1.82) is 0 Å². The smallest absolute Gasteiger partial charge is 0.166 e. The molecule has 1 aromatic carbocycles. The molecule has 0 aliphatic heterocycles. The van der Waals surface area contributed by atoms with Gasteiger partial charge in [0.25, 0.3) is 0 Å². The van der Waals surface area contributed by atoms with Gasteiger partial charge >= 0.3 is 6.18 Å². The van der Waals surface area contributed by atoms with Crippen LogP contribution in [0.15, 0.2) is 24.3 Å². The van der Waals surface area contributed by atoms with Gasteiger partial charge in [0.2, 0.25) is 0 Å². The molecule has 0 radical (unpaired) electrons. The Morgan fingerprint density at radius 2 is 1.67 bits per heavy atom. The van der Waals surface area contributed by atoms with E-state index >= 15 is 0 Å². The highest BCUT2D eigenvalue weighted by atomic mass is 19.4. The van der Waals surface area contributed by atoms with Gasteiger partial charge in [-0.3, -0.25) is 0 Å². The number of hydrogen-bond acceptors (Lipinski definition) is 0. The normalized spacial score (nSPS) is 15.7. The molecule has 1 saturated carbocycles. The summed E-state index contributed by atoms with van der Waals surface area (Å²) in [4.78, 5) is 0. The molecular formula is C12H9F3. The van der Waals surface area contributed by atoms with E-state index in [1.807, 2.05) is 0 Å². The summed E-state index contributed by atoms with van der Waals surface area (Å²) in [6.07, 6.45) is -2.02. The van der Waals surface area contributed by atoms with Crippen molar-refractivity contribution < 1.29 is 13.2 Å². The van der Waals surface area contributed by atoms with E-state index in [-0.39, 0.29) is 0 Å². The van der Waals surface area contributed by atoms with Gasteiger partial charge in [-0.1, -0.05) is 11.8 Å². The van der Waals surface area contributed by atoms with E-state index in [2.05, 4.69) is 11.8 Å². The van der Waals surface area contributed by atoms with Crippen LogP contribution >= 0.6 is 0 Å². The molecule has 0 nitrogen and oxygen atoms in total. The van der Waals surface area contributed by atoms with Crippen LogP contribution in [0.2, 0.25) is 0 Å². The zero-order chi connectivity index (χ0) is 10.9. The lowest BCUT2D eigenvalue weighted by atomic mass is 10.1. The van der Waals surface area contributed by atoms with Gasteiger partial charge in [0.15, 0.2) is 0 Å². The van der Waals surface area contributed by atoms with E-state index in [1.165, 1.54) is 12.1 Å². The third-order valence-electron chi connectivity index (χ3n) is 2.21. The summed E-state index contributed by atoms with van der Waals surface area (Å²) < 4.78 is 36.6. The standard InChI is InChI=1S/C12H9F3/c13-12(14,15)11-7-5-10(6-8-11)4-3-9-1-2-9/h5-9H,1-2H2. The molecule has 1 aromatic rings. The molecule has 0 atom stereocenters. The van der Waals surface area contributed by atoms with Crippen molar-refractivity contribution >= 4 is 0 Å². The Balaban J connectivity index is 2.14. The van der Waals surface area contributed by atoms with Crippen molar-refractivity contribution in [3.8, 4) is 11.8 Å². The number of alkyl halides is 3. The van der Waals surface area contributed by atoms with Crippen LogP contribution in [0.4, 0.5) is 13.2 Å². The Kier molecular flexibility index (Phi) is 2.44. The van der Waals surface area contributed by atoms with Crippen LogP contribution in [0.25, 0.3) is 0 Å². The van der Waals surface area contributed by atoms with E-state index in [4.69, 9.17) is 0 Å². The number of benzene rings is 1. The number of hydrogen-bond donors (Lipinski definition) is 0. The number of halogens is 3. The second-order valence-corrected chi connectivity index (χ2v) is 3.62. The second-order valence-electron chi connectivity index (χ2n) is 3.62. The first-order chi connectivity index (χ1) is 7.05. The van der Waals surface area contributed by atoms with Gasteiger partial charge in [-0.05, 0) is 37.1 Å². The summed E-state index contributed by atoms with van der Waals surface area (Å²) in [6, 6.07) is 4.96. The molecule has 1 aliphatic rings. The molecule has 2 rings (SSSR count). The molecule has 1 fully saturated rings. The molecule has 0 amide bonds. The van der Waals surface area contributed by atoms with Crippen LogP contribution in [0.5, 0.6) is 0 Å². The lowest BCUT2D eigenvalue weighted by Gasteiger charge is -2.05. The molecule has 0 unspecified atom stereocenters. The lowest BCUT2D eigenvalue weighted by Crippen LogP contribution is -2.04. The molecule has 78 valence electrons. The highest BCUT2D eigenvalue weighted by Crippen LogP contribution is 2.29. The molecule has 0 spiro atoms. The van der Waals surface area contributed by atoms with Crippen LogP contribution < -0.4 is 0 Å². The molecule has 0 bridgehead atoms. The maximum Gasteiger partial charge on any atom is 0.416 e. The summed E-state index contributed by atoms with van der Waals surface area (Å²) >= 11 is 0. The lowest BCUT2D eigenvalue weighted by molar-refractivity contribution is -0.137. The SMILES string of the molecule is FC(F)(F)c1ccc(C#CC2CC2)cc1. The predicted octanol–water partition coefficient (Wildman–Crippen LogP) is 3.47. The van der Waals surface area contributed by atoms with E-state index in [1.54, 1.807) is 0 Å². The van der Waals surface area contributed by atoms with Gasteiger partial charge in [-0.2, -0.15) is 13.2 Å². The monoisotopic (exact) mass is 210 g/mol. The van der Waals surface area contributed by atoms with Crippen molar-refractivity contribution in [3.05, 3.63) is 35.4 Å². The van der Waals surface area contributed by atoms with Gasteiger partial charge in [0, 0.05) is 11.5 Å². The van der Waals surface area contributed by atoms with Gasteiger partial charge in [0.05, 0.1) is 5.56 Å². The third kappa shape index (κ3) is 2.76. The van der Waals surface area contributed by atoms with Crippen molar-refractivity contribution in [2.24, 2.45) is 5.92 Å². The first kappa shape index (κ1) is 10.1. The minimum atomic E-state index is -4.26.